The Kier molecular flexibility index (Phi) is 6.81. The van der Waals surface area contributed by atoms with Crippen molar-refractivity contribution < 1.29 is 38.8 Å². The van der Waals surface area contributed by atoms with Crippen LogP contribution in [0.15, 0.2) is 30.6 Å². The van der Waals surface area contributed by atoms with Gasteiger partial charge in [-0.15, -0.1) is 5.10 Å². The van der Waals surface area contributed by atoms with Gasteiger partial charge in [0, 0.05) is 12.0 Å². The molecule has 39 heavy (non-hydrogen) atoms. The number of H-pyrrole nitrogens is 1. The van der Waals surface area contributed by atoms with Crippen LogP contribution in [0.3, 0.4) is 0 Å². The number of tetrazole rings is 1. The van der Waals surface area contributed by atoms with E-state index < -0.39 is 55.2 Å². The Hall–Kier alpha value is -4.32. The molecule has 0 unspecified atom stereocenters. The molecule has 0 spiro atoms. The van der Waals surface area contributed by atoms with Gasteiger partial charge in [-0.1, -0.05) is 24.3 Å². The molecule has 5 rings (SSSR count). The molecule has 1 aromatic carbocycles. The number of carboxylic acid groups (broad SMARTS) is 2. The van der Waals surface area contributed by atoms with Gasteiger partial charge in [0.1, 0.15) is 17.7 Å². The maximum absolute atomic E-state index is 15.1. The van der Waals surface area contributed by atoms with Crippen molar-refractivity contribution in [3.8, 4) is 11.4 Å². The van der Waals surface area contributed by atoms with Gasteiger partial charge in [-0.3, -0.25) is 4.57 Å². The van der Waals surface area contributed by atoms with Gasteiger partial charge in [-0.05, 0) is 27.6 Å². The lowest BCUT2D eigenvalue weighted by Gasteiger charge is -2.27. The number of ether oxygens (including phenoxy) is 2. The van der Waals surface area contributed by atoms with Crippen LogP contribution in [0.2, 0.25) is 5.28 Å². The SMILES string of the molecule is Nc1nc(Cl)nc2c1ncn2[C@@H]1O[C@H](COC(Cc2ccc(-c3nnn[nH]3)cc2)(C(=O)O)C(=O)O)[C@@H](O)[C@@H]1F. The van der Waals surface area contributed by atoms with Gasteiger partial charge in [0.15, 0.2) is 29.7 Å². The number of carbonyl (C=O) groups is 2. The second-order valence-electron chi connectivity index (χ2n) is 8.57. The number of nitrogen functional groups attached to an aromatic ring is 1. The van der Waals surface area contributed by atoms with Crippen LogP contribution >= 0.6 is 11.6 Å². The summed E-state index contributed by atoms with van der Waals surface area (Å²) in [7, 11) is 0. The van der Waals surface area contributed by atoms with Crippen LogP contribution in [0.1, 0.15) is 11.8 Å². The van der Waals surface area contributed by atoms with Gasteiger partial charge >= 0.3 is 11.9 Å². The number of aromatic nitrogens is 8. The number of nitrogens with one attached hydrogen (secondary N) is 1. The fourth-order valence-electron chi connectivity index (χ4n) is 4.15. The number of carboxylic acids is 2. The molecule has 18 heteroatoms. The van der Waals surface area contributed by atoms with Crippen LogP contribution in [0.5, 0.6) is 0 Å². The van der Waals surface area contributed by atoms with E-state index in [1.54, 1.807) is 12.1 Å². The molecule has 16 nitrogen and oxygen atoms in total. The fourth-order valence-corrected chi connectivity index (χ4v) is 4.32. The highest BCUT2D eigenvalue weighted by molar-refractivity contribution is 6.28. The lowest BCUT2D eigenvalue weighted by Crippen LogP contribution is -2.52. The van der Waals surface area contributed by atoms with E-state index in [-0.39, 0.29) is 22.3 Å². The summed E-state index contributed by atoms with van der Waals surface area (Å²) in [6, 6.07) is 6.09. The van der Waals surface area contributed by atoms with Crippen molar-refractivity contribution in [3.63, 3.8) is 0 Å². The zero-order valence-electron chi connectivity index (χ0n) is 19.5. The first kappa shape index (κ1) is 26.3. The molecular weight excluding hydrogens is 545 g/mol. The van der Waals surface area contributed by atoms with E-state index in [4.69, 9.17) is 26.8 Å². The van der Waals surface area contributed by atoms with Gasteiger partial charge in [0.2, 0.25) is 5.28 Å². The summed E-state index contributed by atoms with van der Waals surface area (Å²) < 4.78 is 27.2. The van der Waals surface area contributed by atoms with Crippen molar-refractivity contribution in [3.05, 3.63) is 41.4 Å². The molecule has 1 aliphatic rings. The van der Waals surface area contributed by atoms with Crippen LogP contribution in [0.4, 0.5) is 10.2 Å². The number of hydrogen-bond acceptors (Lipinski definition) is 12. The quantitative estimate of drug-likeness (QED) is 0.133. The summed E-state index contributed by atoms with van der Waals surface area (Å²) in [5, 5.41) is 43.2. The van der Waals surface area contributed by atoms with Crippen LogP contribution in [0.25, 0.3) is 22.6 Å². The molecule has 4 heterocycles. The molecular formula is C21H19ClFN9O7. The number of alkyl halides is 1. The van der Waals surface area contributed by atoms with Gasteiger partial charge in [0.25, 0.3) is 5.60 Å². The molecule has 0 bridgehead atoms. The third-order valence-electron chi connectivity index (χ3n) is 6.20. The lowest BCUT2D eigenvalue weighted by molar-refractivity contribution is -0.190. The molecule has 6 N–H and O–H groups in total. The smallest absolute Gasteiger partial charge is 0.348 e. The van der Waals surface area contributed by atoms with Crippen LogP contribution in [-0.2, 0) is 25.5 Å². The second kappa shape index (κ2) is 10.1. The van der Waals surface area contributed by atoms with Crippen molar-refractivity contribution >= 4 is 40.5 Å². The lowest BCUT2D eigenvalue weighted by atomic mass is 9.93. The van der Waals surface area contributed by atoms with Crippen LogP contribution < -0.4 is 5.73 Å². The topological polar surface area (TPSA) is 237 Å². The molecule has 1 aliphatic heterocycles. The van der Waals surface area contributed by atoms with Crippen molar-refractivity contribution in [1.29, 1.82) is 0 Å². The summed E-state index contributed by atoms with van der Waals surface area (Å²) in [5.74, 6) is -3.32. The van der Waals surface area contributed by atoms with Crippen LogP contribution in [-0.4, -0.2) is 98.0 Å². The molecule has 4 atom stereocenters. The van der Waals surface area contributed by atoms with Crippen molar-refractivity contribution in [1.82, 2.24) is 40.1 Å². The van der Waals surface area contributed by atoms with E-state index in [0.717, 1.165) is 10.9 Å². The highest BCUT2D eigenvalue weighted by Crippen LogP contribution is 2.35. The largest absolute Gasteiger partial charge is 0.479 e. The predicted molar refractivity (Wildman–Crippen MR) is 127 cm³/mol. The first-order chi connectivity index (χ1) is 18.6. The first-order valence-corrected chi connectivity index (χ1v) is 11.6. The Morgan fingerprint density at radius 1 is 1.23 bits per heavy atom. The molecule has 3 aromatic heterocycles. The Bertz CT molecular complexity index is 1500. The number of nitrogens with zero attached hydrogens (tertiary/aromatic N) is 7. The molecule has 4 aromatic rings. The number of fused-ring (bicyclic) bond motifs is 1. The summed E-state index contributed by atoms with van der Waals surface area (Å²) in [5.41, 5.74) is 4.01. The number of anilines is 1. The molecule has 1 fully saturated rings. The predicted octanol–water partition coefficient (Wildman–Crippen LogP) is 0.00570. The van der Waals surface area contributed by atoms with Gasteiger partial charge in [0.05, 0.1) is 12.9 Å². The molecule has 1 saturated heterocycles. The number of benzene rings is 1. The van der Waals surface area contributed by atoms with Crippen molar-refractivity contribution in [2.45, 2.75) is 36.6 Å². The van der Waals surface area contributed by atoms with Crippen molar-refractivity contribution in [2.24, 2.45) is 0 Å². The number of imidazole rings is 1. The number of aliphatic carboxylic acids is 2. The summed E-state index contributed by atoms with van der Waals surface area (Å²) >= 11 is 5.84. The maximum atomic E-state index is 15.1. The van der Waals surface area contributed by atoms with Crippen molar-refractivity contribution in [2.75, 3.05) is 12.3 Å². The number of halogens is 2. The molecule has 0 amide bonds. The van der Waals surface area contributed by atoms with Gasteiger partial charge in [-0.25, -0.2) is 24.1 Å². The first-order valence-electron chi connectivity index (χ1n) is 11.2. The molecule has 0 saturated carbocycles. The van der Waals surface area contributed by atoms with Gasteiger partial charge in [-0.2, -0.15) is 9.97 Å². The number of aliphatic hydroxyl groups excluding tert-OH is 1. The Balaban J connectivity index is 1.35. The highest BCUT2D eigenvalue weighted by atomic mass is 35.5. The second-order valence-corrected chi connectivity index (χ2v) is 8.91. The maximum Gasteiger partial charge on any atom is 0.348 e. The normalized spacial score (nSPS) is 21.4. The number of aromatic amines is 1. The Morgan fingerprint density at radius 2 is 1.95 bits per heavy atom. The zero-order valence-corrected chi connectivity index (χ0v) is 20.3. The van der Waals surface area contributed by atoms with Crippen LogP contribution in [0, 0.1) is 0 Å². The highest BCUT2D eigenvalue weighted by Gasteiger charge is 2.52. The Labute approximate surface area is 221 Å². The minimum absolute atomic E-state index is 0.0314. The average molecular weight is 564 g/mol. The van der Waals surface area contributed by atoms with E-state index in [9.17, 15) is 24.9 Å². The summed E-state index contributed by atoms with van der Waals surface area (Å²) in [6.07, 6.45) is -6.22. The van der Waals surface area contributed by atoms with E-state index >= 15 is 4.39 Å². The third kappa shape index (κ3) is 4.71. The molecule has 0 aliphatic carbocycles. The average Bonchev–Trinajstić information content (AvgIpc) is 3.63. The van der Waals surface area contributed by atoms with E-state index in [1.807, 2.05) is 0 Å². The monoisotopic (exact) mass is 563 g/mol. The van der Waals surface area contributed by atoms with E-state index in [0.29, 0.717) is 17.0 Å². The van der Waals surface area contributed by atoms with E-state index in [2.05, 4.69) is 35.6 Å². The minimum Gasteiger partial charge on any atom is -0.479 e. The molecule has 0 radical (unpaired) electrons. The van der Waals surface area contributed by atoms with Gasteiger partial charge < -0.3 is 30.5 Å². The number of aliphatic hydroxyl groups is 1. The summed E-state index contributed by atoms with van der Waals surface area (Å²) in [4.78, 5) is 36.1. The third-order valence-corrected chi connectivity index (χ3v) is 6.37. The standard InChI is InChI=1S/C21H19ClFN9O7/c22-20-26-14(24)12-16(27-20)32(7-25-12)17-11(23)13(33)10(39-17)6-38-21(18(34)35,19(36)37)5-8-1-3-9(4-2-8)15-28-30-31-29-15/h1-4,7,10-11,13,17,33H,5-6H2,(H,34,35)(H,36,37)(H2,24,26,27)(H,28,29,30,31)/t10-,11+,13-,17-/m1/s1. The number of rotatable bonds is 9. The fraction of sp³-hybridized carbons (Fsp3) is 0.333. The minimum atomic E-state index is -2.78. The number of nitrogens with two attached hydrogens (primary N) is 1. The molecule has 204 valence electrons. The number of hydrogen-bond donors (Lipinski definition) is 5. The Morgan fingerprint density at radius 3 is 2.59 bits per heavy atom. The van der Waals surface area contributed by atoms with E-state index in [1.165, 1.54) is 12.1 Å². The zero-order chi connectivity index (χ0) is 27.9. The summed E-state index contributed by atoms with van der Waals surface area (Å²) in [6.45, 7) is -0.775.